The van der Waals surface area contributed by atoms with E-state index >= 15 is 0 Å². The van der Waals surface area contributed by atoms with Crippen molar-refractivity contribution in [2.75, 3.05) is 0 Å². The number of nitrogens with zero attached hydrogens (tertiary/aromatic N) is 2. The van der Waals surface area contributed by atoms with Crippen molar-refractivity contribution < 1.29 is 4.42 Å². The third-order valence-corrected chi connectivity index (χ3v) is 5.60. The Morgan fingerprint density at radius 1 is 0.871 bits per heavy atom. The van der Waals surface area contributed by atoms with Crippen molar-refractivity contribution in [1.82, 2.24) is 9.97 Å². The molecule has 3 nitrogen and oxygen atoms in total. The molecule has 0 aliphatic rings. The van der Waals surface area contributed by atoms with Gasteiger partial charge in [-0.05, 0) is 60.2 Å². The first-order chi connectivity index (χ1) is 14.9. The third-order valence-electron chi connectivity index (χ3n) is 5.60. The van der Waals surface area contributed by atoms with Crippen molar-refractivity contribution in [3.63, 3.8) is 0 Å². The van der Waals surface area contributed by atoms with Gasteiger partial charge in [0.15, 0.2) is 0 Å². The van der Waals surface area contributed by atoms with Crippen molar-refractivity contribution in [3.8, 4) is 22.5 Å². The van der Waals surface area contributed by atoms with E-state index in [0.717, 1.165) is 45.3 Å². The number of aromatic nitrogens is 2. The Kier molecular flexibility index (Phi) is 4.62. The number of hydrogen-bond acceptors (Lipinski definition) is 3. The molecule has 5 aromatic rings. The monoisotopic (exact) mass is 406 g/mol. The number of benzene rings is 2. The van der Waals surface area contributed by atoms with Crippen LogP contribution in [0.1, 0.15) is 31.9 Å². The van der Waals surface area contributed by atoms with E-state index in [9.17, 15) is 0 Å². The first-order valence-corrected chi connectivity index (χ1v) is 10.7. The Morgan fingerprint density at radius 2 is 1.68 bits per heavy atom. The van der Waals surface area contributed by atoms with Crippen LogP contribution >= 0.6 is 0 Å². The van der Waals surface area contributed by atoms with Gasteiger partial charge in [0.2, 0.25) is 5.71 Å². The Bertz CT molecular complexity index is 1390. The fourth-order valence-corrected chi connectivity index (χ4v) is 4.24. The summed E-state index contributed by atoms with van der Waals surface area (Å²) < 4.78 is 6.37. The van der Waals surface area contributed by atoms with Crippen LogP contribution < -0.4 is 0 Å². The van der Waals surface area contributed by atoms with Crippen LogP contribution in [0.5, 0.6) is 0 Å². The molecule has 0 amide bonds. The first-order valence-electron chi connectivity index (χ1n) is 10.7. The van der Waals surface area contributed by atoms with E-state index in [4.69, 9.17) is 9.40 Å². The van der Waals surface area contributed by atoms with Crippen molar-refractivity contribution >= 4 is 22.1 Å². The summed E-state index contributed by atoms with van der Waals surface area (Å²) in [6.45, 7) is 8.89. The van der Waals surface area contributed by atoms with Crippen molar-refractivity contribution in [2.24, 2.45) is 5.41 Å². The molecule has 0 fully saturated rings. The lowest BCUT2D eigenvalue weighted by molar-refractivity contribution is 0.411. The number of fused-ring (bicyclic) bond motifs is 3. The van der Waals surface area contributed by atoms with Gasteiger partial charge in [0.05, 0.1) is 11.4 Å². The number of hydrogen-bond donors (Lipinski definition) is 0. The van der Waals surface area contributed by atoms with Crippen LogP contribution in [-0.4, -0.2) is 9.97 Å². The molecule has 0 unspecified atom stereocenters. The van der Waals surface area contributed by atoms with Crippen LogP contribution in [-0.2, 0) is 6.42 Å². The smallest absolute Gasteiger partial charge is 0.227 e. The van der Waals surface area contributed by atoms with Crippen molar-refractivity contribution in [3.05, 3.63) is 84.1 Å². The first kappa shape index (κ1) is 19.5. The third kappa shape index (κ3) is 3.72. The van der Waals surface area contributed by atoms with Gasteiger partial charge >= 0.3 is 0 Å². The average Bonchev–Trinajstić information content (AvgIpc) is 3.13. The summed E-state index contributed by atoms with van der Waals surface area (Å²) in [5, 5.41) is 2.16. The highest BCUT2D eigenvalue weighted by atomic mass is 16.3. The molecule has 31 heavy (non-hydrogen) atoms. The van der Waals surface area contributed by atoms with Gasteiger partial charge in [-0.2, -0.15) is 0 Å². The maximum absolute atomic E-state index is 6.37. The lowest BCUT2D eigenvalue weighted by atomic mass is 9.88. The standard InChI is InChI=1S/C28H26N2O/c1-18-10-11-21(24-16-19(14-15-29-24)17-28(2,3)4)26-25(18)22-12-13-23(30-27(22)31-26)20-8-6-5-7-9-20/h5-16H,17H2,1-4H3. The Morgan fingerprint density at radius 3 is 2.45 bits per heavy atom. The van der Waals surface area contributed by atoms with Crippen molar-refractivity contribution in [1.29, 1.82) is 0 Å². The quantitative estimate of drug-likeness (QED) is 0.309. The van der Waals surface area contributed by atoms with Crippen LogP contribution in [0.2, 0.25) is 0 Å². The fraction of sp³-hybridized carbons (Fsp3) is 0.214. The highest BCUT2D eigenvalue weighted by molar-refractivity contribution is 6.10. The van der Waals surface area contributed by atoms with Gasteiger partial charge in [0.25, 0.3) is 0 Å². The molecule has 2 aromatic carbocycles. The van der Waals surface area contributed by atoms with Crippen LogP contribution in [0.4, 0.5) is 0 Å². The number of rotatable bonds is 3. The van der Waals surface area contributed by atoms with E-state index in [0.29, 0.717) is 5.71 Å². The molecule has 3 heteroatoms. The highest BCUT2D eigenvalue weighted by Crippen LogP contribution is 2.37. The van der Waals surface area contributed by atoms with Crippen molar-refractivity contribution in [2.45, 2.75) is 34.1 Å². The molecule has 0 aliphatic carbocycles. The largest absolute Gasteiger partial charge is 0.437 e. The zero-order valence-corrected chi connectivity index (χ0v) is 18.4. The Balaban J connectivity index is 1.68. The van der Waals surface area contributed by atoms with E-state index in [2.05, 4.69) is 81.2 Å². The van der Waals surface area contributed by atoms with Gasteiger partial charge < -0.3 is 4.42 Å². The fourth-order valence-electron chi connectivity index (χ4n) is 4.24. The van der Waals surface area contributed by atoms with Crippen LogP contribution in [0, 0.1) is 12.3 Å². The Labute approximate surface area is 182 Å². The molecule has 5 rings (SSSR count). The van der Waals surface area contributed by atoms with Gasteiger partial charge in [-0.25, -0.2) is 4.98 Å². The summed E-state index contributed by atoms with van der Waals surface area (Å²) >= 11 is 0. The van der Waals surface area contributed by atoms with E-state index < -0.39 is 0 Å². The summed E-state index contributed by atoms with van der Waals surface area (Å²) in [6.07, 6.45) is 2.90. The molecule has 3 aromatic heterocycles. The number of furan rings is 1. The van der Waals surface area contributed by atoms with Crippen LogP contribution in [0.25, 0.3) is 44.6 Å². The molecule has 0 saturated heterocycles. The SMILES string of the molecule is Cc1ccc(-c2cc(CC(C)(C)C)ccn2)c2oc3nc(-c4ccccc4)ccc3c12. The van der Waals surface area contributed by atoms with Gasteiger partial charge in [-0.1, -0.05) is 57.2 Å². The zero-order valence-electron chi connectivity index (χ0n) is 18.4. The lowest BCUT2D eigenvalue weighted by Crippen LogP contribution is -2.09. The number of pyridine rings is 2. The lowest BCUT2D eigenvalue weighted by Gasteiger charge is -2.18. The van der Waals surface area contributed by atoms with Gasteiger partial charge in [-0.15, -0.1) is 0 Å². The summed E-state index contributed by atoms with van der Waals surface area (Å²) in [5.41, 5.74) is 8.15. The summed E-state index contributed by atoms with van der Waals surface area (Å²) in [4.78, 5) is 9.51. The van der Waals surface area contributed by atoms with Gasteiger partial charge in [0.1, 0.15) is 5.58 Å². The minimum absolute atomic E-state index is 0.221. The summed E-state index contributed by atoms with van der Waals surface area (Å²) in [6, 6.07) is 22.9. The molecule has 0 saturated carbocycles. The molecular formula is C28H26N2O. The molecule has 0 radical (unpaired) electrons. The second kappa shape index (κ2) is 7.35. The Hall–Kier alpha value is -3.46. The van der Waals surface area contributed by atoms with E-state index in [-0.39, 0.29) is 5.41 Å². The topological polar surface area (TPSA) is 38.9 Å². The molecule has 0 spiro atoms. The zero-order chi connectivity index (χ0) is 21.6. The van der Waals surface area contributed by atoms with E-state index in [1.807, 2.05) is 24.4 Å². The minimum atomic E-state index is 0.221. The predicted octanol–water partition coefficient (Wildman–Crippen LogP) is 7.61. The second-order valence-electron chi connectivity index (χ2n) is 9.44. The maximum Gasteiger partial charge on any atom is 0.227 e. The molecule has 154 valence electrons. The van der Waals surface area contributed by atoms with E-state index in [1.54, 1.807) is 0 Å². The molecular weight excluding hydrogens is 380 g/mol. The normalized spacial score (nSPS) is 12.0. The van der Waals surface area contributed by atoms with Gasteiger partial charge in [0, 0.05) is 28.1 Å². The van der Waals surface area contributed by atoms with Crippen LogP contribution in [0.15, 0.2) is 77.3 Å². The van der Waals surface area contributed by atoms with E-state index in [1.165, 1.54) is 11.1 Å². The summed E-state index contributed by atoms with van der Waals surface area (Å²) in [7, 11) is 0. The molecule has 0 aliphatic heterocycles. The highest BCUT2D eigenvalue weighted by Gasteiger charge is 2.18. The minimum Gasteiger partial charge on any atom is -0.437 e. The number of aryl methyl sites for hydroxylation is 1. The van der Waals surface area contributed by atoms with Gasteiger partial charge in [-0.3, -0.25) is 4.98 Å². The summed E-state index contributed by atoms with van der Waals surface area (Å²) in [5.74, 6) is 0. The van der Waals surface area contributed by atoms with Crippen LogP contribution in [0.3, 0.4) is 0 Å². The molecule has 0 atom stereocenters. The maximum atomic E-state index is 6.37. The molecule has 3 heterocycles. The average molecular weight is 407 g/mol. The second-order valence-corrected chi connectivity index (χ2v) is 9.44. The predicted molar refractivity (Wildman–Crippen MR) is 128 cm³/mol. The molecule has 0 N–H and O–H groups in total. The molecule has 0 bridgehead atoms.